The highest BCUT2D eigenvalue weighted by atomic mass is 15.1. The maximum Gasteiger partial charge on any atom is 0.0713 e. The fourth-order valence-corrected chi connectivity index (χ4v) is 13.8. The zero-order chi connectivity index (χ0) is 53.7. The van der Waals surface area contributed by atoms with Crippen molar-refractivity contribution in [1.82, 2.24) is 4.57 Å². The SMILES string of the molecule is Cc1cc(-c2ccc3c(c2)C(c2ccccc2)(c2ccccc2)c2cc(C)ccc2-3)cc(-n2c3ccccc3c3cc(-c4ccc(N(c5ccc(-c6ccccc6)cc5)c5ccc6c(c5)C(C)(C)c5ccccc5-6)cc4)ccc32)c1. The summed E-state index contributed by atoms with van der Waals surface area (Å²) in [6, 6.07) is 104. The van der Waals surface area contributed by atoms with Crippen LogP contribution in [-0.2, 0) is 10.8 Å². The van der Waals surface area contributed by atoms with E-state index in [9.17, 15) is 0 Å². The van der Waals surface area contributed by atoms with Crippen molar-refractivity contribution in [3.63, 3.8) is 0 Å². The van der Waals surface area contributed by atoms with E-state index in [4.69, 9.17) is 0 Å². The molecule has 2 aliphatic carbocycles. The van der Waals surface area contributed by atoms with Crippen LogP contribution in [0.4, 0.5) is 17.1 Å². The first-order valence-corrected chi connectivity index (χ1v) is 28.1. The molecule has 0 aliphatic heterocycles. The average Bonchev–Trinajstić information content (AvgIpc) is 4.01. The van der Waals surface area contributed by atoms with Crippen molar-refractivity contribution < 1.29 is 0 Å². The minimum atomic E-state index is -0.478. The lowest BCUT2D eigenvalue weighted by Crippen LogP contribution is -2.28. The predicted molar refractivity (Wildman–Crippen MR) is 336 cm³/mol. The van der Waals surface area contributed by atoms with Crippen LogP contribution in [0.15, 0.2) is 279 Å². The van der Waals surface area contributed by atoms with Gasteiger partial charge >= 0.3 is 0 Å². The number of aromatic nitrogens is 1. The predicted octanol–water partition coefficient (Wildman–Crippen LogP) is 20.5. The van der Waals surface area contributed by atoms with Crippen LogP contribution in [0.5, 0.6) is 0 Å². The van der Waals surface area contributed by atoms with Crippen molar-refractivity contribution in [1.29, 1.82) is 0 Å². The van der Waals surface area contributed by atoms with Crippen LogP contribution in [0.3, 0.4) is 0 Å². The molecule has 0 bridgehead atoms. The topological polar surface area (TPSA) is 8.17 Å². The summed E-state index contributed by atoms with van der Waals surface area (Å²) in [6.07, 6.45) is 0. The summed E-state index contributed by atoms with van der Waals surface area (Å²) in [4.78, 5) is 2.41. The van der Waals surface area contributed by atoms with Gasteiger partial charge in [0.05, 0.1) is 16.4 Å². The van der Waals surface area contributed by atoms with E-state index in [0.29, 0.717) is 0 Å². The average molecular weight is 1020 g/mol. The van der Waals surface area contributed by atoms with Gasteiger partial charge in [-0.25, -0.2) is 0 Å². The Hall–Kier alpha value is -9.76. The molecule has 0 saturated carbocycles. The molecule has 0 N–H and O–H groups in total. The second-order valence-corrected chi connectivity index (χ2v) is 22.6. The van der Waals surface area contributed by atoms with E-state index >= 15 is 0 Å². The highest BCUT2D eigenvalue weighted by Gasteiger charge is 2.46. The Morgan fingerprint density at radius 1 is 0.300 bits per heavy atom. The maximum atomic E-state index is 2.49. The molecule has 0 unspecified atom stereocenters. The smallest absolute Gasteiger partial charge is 0.0713 e. The van der Waals surface area contributed by atoms with Crippen LogP contribution in [0.25, 0.3) is 83.1 Å². The lowest BCUT2D eigenvalue weighted by Gasteiger charge is -2.34. The second-order valence-electron chi connectivity index (χ2n) is 22.6. The van der Waals surface area contributed by atoms with Crippen LogP contribution < -0.4 is 4.90 Å². The third-order valence-corrected chi connectivity index (χ3v) is 17.5. The molecule has 0 saturated heterocycles. The first-order chi connectivity index (χ1) is 39.2. The first-order valence-electron chi connectivity index (χ1n) is 28.1. The van der Waals surface area contributed by atoms with Gasteiger partial charge in [-0.1, -0.05) is 226 Å². The van der Waals surface area contributed by atoms with Gasteiger partial charge in [0.15, 0.2) is 0 Å². The molecule has 0 spiro atoms. The largest absolute Gasteiger partial charge is 0.310 e. The number of rotatable bonds is 9. The van der Waals surface area contributed by atoms with Crippen molar-refractivity contribution in [3.05, 3.63) is 324 Å². The van der Waals surface area contributed by atoms with Gasteiger partial charge in [0.1, 0.15) is 0 Å². The van der Waals surface area contributed by atoms with Crippen LogP contribution in [0.2, 0.25) is 0 Å². The molecule has 380 valence electrons. The Kier molecular flexibility index (Phi) is 10.9. The molecule has 2 aliphatic rings. The van der Waals surface area contributed by atoms with E-state index < -0.39 is 5.41 Å². The number of hydrogen-bond donors (Lipinski definition) is 0. The van der Waals surface area contributed by atoms with E-state index in [0.717, 1.165) is 22.7 Å². The lowest BCUT2D eigenvalue weighted by atomic mass is 9.67. The summed E-state index contributed by atoms with van der Waals surface area (Å²) in [7, 11) is 0. The molecule has 0 atom stereocenters. The van der Waals surface area contributed by atoms with E-state index in [1.165, 1.54) is 122 Å². The van der Waals surface area contributed by atoms with Crippen LogP contribution in [0, 0.1) is 13.8 Å². The Labute approximate surface area is 469 Å². The Morgan fingerprint density at radius 2 is 0.800 bits per heavy atom. The van der Waals surface area contributed by atoms with Gasteiger partial charge in [0.2, 0.25) is 0 Å². The fraction of sp³-hybridized carbons (Fsp3) is 0.0769. The number of aryl methyl sites for hydroxylation is 2. The highest BCUT2D eigenvalue weighted by molar-refractivity contribution is 6.10. The minimum Gasteiger partial charge on any atom is -0.310 e. The molecular weight excluding hydrogens is 965 g/mol. The Morgan fingerprint density at radius 3 is 1.51 bits per heavy atom. The van der Waals surface area contributed by atoms with Crippen molar-refractivity contribution >= 4 is 38.9 Å². The van der Waals surface area contributed by atoms with Crippen molar-refractivity contribution in [2.75, 3.05) is 4.90 Å². The highest BCUT2D eigenvalue weighted by Crippen LogP contribution is 2.57. The molecule has 12 aromatic carbocycles. The Bertz CT molecular complexity index is 4510. The number of hydrogen-bond acceptors (Lipinski definition) is 1. The fourth-order valence-electron chi connectivity index (χ4n) is 13.8. The molecule has 1 aromatic heterocycles. The van der Waals surface area contributed by atoms with E-state index in [1.54, 1.807) is 0 Å². The van der Waals surface area contributed by atoms with Gasteiger partial charge in [-0.3, -0.25) is 0 Å². The molecule has 15 rings (SSSR count). The summed E-state index contributed by atoms with van der Waals surface area (Å²) >= 11 is 0. The number of fused-ring (bicyclic) bond motifs is 9. The summed E-state index contributed by atoms with van der Waals surface area (Å²) < 4.78 is 2.47. The van der Waals surface area contributed by atoms with E-state index in [-0.39, 0.29) is 5.41 Å². The molecule has 13 aromatic rings. The third-order valence-electron chi connectivity index (χ3n) is 17.5. The standard InChI is InChI=1S/C78H58N2/c1-51-28-40-67-68-41-33-57(49-74(68)78(73(67)46-51,59-20-10-6-11-21-59)60-22-12-7-13-23-60)58-44-52(2)45-64(47-58)80-75-27-17-15-25-69(75)70-48-56(34-43-76(70)80)55-31-37-62(38-32-55)79(61-35-29-54(30-36-61)53-18-8-5-9-19-53)63-39-42-66-65-24-14-16-26-71(65)77(3,4)72(66)50-63/h5-50H,1-4H3. The lowest BCUT2D eigenvalue weighted by molar-refractivity contribution is 0.660. The van der Waals surface area contributed by atoms with Gasteiger partial charge in [0.25, 0.3) is 0 Å². The Balaban J connectivity index is 0.814. The minimum absolute atomic E-state index is 0.118. The molecule has 2 heteroatoms. The zero-order valence-corrected chi connectivity index (χ0v) is 45.5. The van der Waals surface area contributed by atoms with Crippen LogP contribution >= 0.6 is 0 Å². The zero-order valence-electron chi connectivity index (χ0n) is 45.5. The molecule has 0 radical (unpaired) electrons. The van der Waals surface area contributed by atoms with Crippen LogP contribution in [-0.4, -0.2) is 4.57 Å². The van der Waals surface area contributed by atoms with E-state index in [2.05, 4.69) is 316 Å². The summed E-state index contributed by atoms with van der Waals surface area (Å²) in [5.74, 6) is 0. The van der Waals surface area contributed by atoms with Gasteiger partial charge in [0, 0.05) is 38.9 Å². The van der Waals surface area contributed by atoms with Gasteiger partial charge < -0.3 is 9.47 Å². The maximum absolute atomic E-state index is 2.49. The monoisotopic (exact) mass is 1020 g/mol. The molecule has 0 fully saturated rings. The second kappa shape index (κ2) is 18.4. The van der Waals surface area contributed by atoms with Gasteiger partial charge in [-0.15, -0.1) is 0 Å². The van der Waals surface area contributed by atoms with Gasteiger partial charge in [-0.2, -0.15) is 0 Å². The summed E-state index contributed by atoms with van der Waals surface area (Å²) in [5.41, 5.74) is 29.1. The van der Waals surface area contributed by atoms with Crippen molar-refractivity contribution in [2.45, 2.75) is 38.5 Å². The quantitative estimate of drug-likeness (QED) is 0.140. The van der Waals surface area contributed by atoms with Crippen LogP contribution in [0.1, 0.15) is 58.4 Å². The number of benzene rings is 12. The first kappa shape index (κ1) is 47.5. The molecule has 2 nitrogen and oxygen atoms in total. The molecule has 0 amide bonds. The number of anilines is 3. The van der Waals surface area contributed by atoms with Crippen molar-refractivity contribution in [2.24, 2.45) is 0 Å². The summed E-state index contributed by atoms with van der Waals surface area (Å²) in [6.45, 7) is 9.17. The third kappa shape index (κ3) is 7.40. The normalized spacial score (nSPS) is 13.4. The van der Waals surface area contributed by atoms with Gasteiger partial charge in [-0.05, 0) is 181 Å². The molecule has 1 heterocycles. The van der Waals surface area contributed by atoms with E-state index in [1.807, 2.05) is 0 Å². The van der Waals surface area contributed by atoms with Crippen molar-refractivity contribution in [3.8, 4) is 61.3 Å². The number of nitrogens with zero attached hydrogens (tertiary/aromatic N) is 2. The molecular formula is C78H58N2. The summed E-state index contributed by atoms with van der Waals surface area (Å²) in [5, 5.41) is 2.46. The molecule has 80 heavy (non-hydrogen) atoms. The number of para-hydroxylation sites is 1.